The third-order valence-corrected chi connectivity index (χ3v) is 4.67. The van der Waals surface area contributed by atoms with E-state index in [-0.39, 0.29) is 22.5 Å². The molecule has 0 radical (unpaired) electrons. The number of hydrogen-bond acceptors (Lipinski definition) is 4. The Balaban J connectivity index is 1.49. The van der Waals surface area contributed by atoms with Crippen molar-refractivity contribution in [2.75, 3.05) is 0 Å². The van der Waals surface area contributed by atoms with E-state index in [2.05, 4.69) is 15.1 Å². The van der Waals surface area contributed by atoms with E-state index in [1.54, 1.807) is 0 Å². The van der Waals surface area contributed by atoms with E-state index in [0.717, 1.165) is 21.7 Å². The number of benzene rings is 1. The summed E-state index contributed by atoms with van der Waals surface area (Å²) in [5.74, 6) is -2.65. The number of fused-ring (bicyclic) bond motifs is 2. The summed E-state index contributed by atoms with van der Waals surface area (Å²) in [5.41, 5.74) is 0.0939. The second-order valence-electron chi connectivity index (χ2n) is 6.53. The zero-order chi connectivity index (χ0) is 24.4. The van der Waals surface area contributed by atoms with Crippen LogP contribution in [-0.4, -0.2) is 30.6 Å². The Bertz CT molecular complexity index is 1450. The minimum atomic E-state index is -2.49. The predicted octanol–water partition coefficient (Wildman–Crippen LogP) is 3.46. The molecule has 0 aliphatic carbocycles. The van der Waals surface area contributed by atoms with Crippen molar-refractivity contribution < 1.29 is 20.4 Å². The highest BCUT2D eigenvalue weighted by atomic mass is 19.1. The van der Waals surface area contributed by atoms with Gasteiger partial charge >= 0.3 is 0 Å². The first-order valence-corrected chi connectivity index (χ1v) is 8.58. The Morgan fingerprint density at radius 3 is 2.79 bits per heavy atom. The molecule has 29 heavy (non-hydrogen) atoms. The van der Waals surface area contributed by atoms with Crippen LogP contribution in [0, 0.1) is 11.6 Å². The van der Waals surface area contributed by atoms with Crippen molar-refractivity contribution in [2.24, 2.45) is 6.98 Å². The molecule has 1 aromatic carbocycles. The topological polar surface area (TPSA) is 63.9 Å². The molecule has 0 atom stereocenters. The lowest BCUT2D eigenvalue weighted by atomic mass is 10.0. The normalized spacial score (nSPS) is 18.1. The molecule has 1 aliphatic rings. The van der Waals surface area contributed by atoms with Crippen LogP contribution in [0.25, 0.3) is 22.2 Å². The van der Waals surface area contributed by atoms with E-state index in [0.29, 0.717) is 10.9 Å². The number of hydrogen-bond donors (Lipinski definition) is 0. The monoisotopic (exact) mass is 396 g/mol. The number of halogens is 2. The van der Waals surface area contributed by atoms with E-state index in [1.165, 1.54) is 36.8 Å². The maximum atomic E-state index is 15.0. The van der Waals surface area contributed by atoms with Crippen molar-refractivity contribution >= 4 is 16.9 Å². The van der Waals surface area contributed by atoms with Crippen LogP contribution in [0.4, 0.5) is 8.78 Å². The first kappa shape index (κ1) is 12.7. The Kier molecular flexibility index (Phi) is 2.82. The van der Waals surface area contributed by atoms with Crippen molar-refractivity contribution in [1.29, 1.82) is 0 Å². The molecule has 6 nitrogen and oxygen atoms in total. The van der Waals surface area contributed by atoms with Crippen molar-refractivity contribution in [2.45, 2.75) is 13.0 Å². The Hall–Kier alpha value is -3.68. The van der Waals surface area contributed by atoms with Gasteiger partial charge in [-0.05, 0) is 35.9 Å². The first-order chi connectivity index (χ1) is 16.0. The zero-order valence-corrected chi connectivity index (χ0v) is 14.7. The molecule has 0 spiro atoms. The average molecular weight is 396 g/mol. The summed E-state index contributed by atoms with van der Waals surface area (Å²) < 4.78 is 69.6. The number of aryl methyl sites for hydroxylation is 1. The number of rotatable bonds is 3. The van der Waals surface area contributed by atoms with Crippen LogP contribution in [0.1, 0.15) is 28.5 Å². The summed E-state index contributed by atoms with van der Waals surface area (Å²) in [4.78, 5) is 21.4. The molecule has 144 valence electrons. The van der Waals surface area contributed by atoms with Gasteiger partial charge in [0.25, 0.3) is 5.91 Å². The average Bonchev–Trinajstić information content (AvgIpc) is 3.29. The quantitative estimate of drug-likeness (QED) is 0.532. The van der Waals surface area contributed by atoms with Gasteiger partial charge in [0.05, 0.1) is 27.0 Å². The number of carbonyl (C=O) groups excluding carboxylic acids is 1. The second kappa shape index (κ2) is 6.44. The molecular formula is C21H15F2N5O. The number of carbonyl (C=O) groups is 1. The van der Waals surface area contributed by atoms with Crippen molar-refractivity contribution in [3.63, 3.8) is 0 Å². The fourth-order valence-corrected chi connectivity index (χ4v) is 3.25. The summed E-state index contributed by atoms with van der Waals surface area (Å²) in [6.07, 6.45) is 3.93. The molecule has 0 saturated heterocycles. The van der Waals surface area contributed by atoms with E-state index >= 15 is 8.78 Å². The van der Waals surface area contributed by atoms with Crippen LogP contribution < -0.4 is 0 Å². The molecular weight excluding hydrogens is 376 g/mol. The van der Waals surface area contributed by atoms with Gasteiger partial charge in [-0.2, -0.15) is 5.10 Å². The molecule has 5 rings (SSSR count). The van der Waals surface area contributed by atoms with Crippen LogP contribution >= 0.6 is 0 Å². The molecule has 1 aliphatic heterocycles. The van der Waals surface area contributed by atoms with E-state index in [9.17, 15) is 4.79 Å². The third kappa shape index (κ3) is 2.93. The summed E-state index contributed by atoms with van der Waals surface area (Å²) in [6, 6.07) is 6.51. The van der Waals surface area contributed by atoms with Gasteiger partial charge in [-0.3, -0.25) is 14.5 Å². The molecule has 0 unspecified atom stereocenters. The lowest BCUT2D eigenvalue weighted by molar-refractivity contribution is 0.0763. The molecule has 3 aromatic heterocycles. The van der Waals surface area contributed by atoms with Gasteiger partial charge in [0.15, 0.2) is 5.65 Å². The molecule has 0 bridgehead atoms. The van der Waals surface area contributed by atoms with Gasteiger partial charge < -0.3 is 4.90 Å². The highest BCUT2D eigenvalue weighted by Gasteiger charge is 2.29. The Morgan fingerprint density at radius 1 is 1.21 bits per heavy atom. The molecule has 0 fully saturated rings. The standard InChI is InChI=1S/C21H15F2N5O/c1-27-9-14-5-13(8-25-20(14)26-27)12-6-17(22)16(18(23)7-12)10-28-11-19-15(21(28)29)3-2-4-24-19/h2-9H,10-11H2,1H3/i1D3,11D2. The fourth-order valence-electron chi connectivity index (χ4n) is 3.25. The number of nitrogens with zero attached hydrogens (tertiary/aromatic N) is 5. The number of aromatic nitrogens is 4. The van der Waals surface area contributed by atoms with Gasteiger partial charge in [0, 0.05) is 46.2 Å². The minimum Gasteiger partial charge on any atom is -0.328 e. The van der Waals surface area contributed by atoms with Crippen molar-refractivity contribution in [1.82, 2.24) is 24.6 Å². The van der Waals surface area contributed by atoms with Crippen LogP contribution in [-0.2, 0) is 20.0 Å². The molecule has 4 heterocycles. The lowest BCUT2D eigenvalue weighted by Crippen LogP contribution is -2.24. The molecule has 1 amide bonds. The zero-order valence-electron chi connectivity index (χ0n) is 19.7. The first-order valence-electron chi connectivity index (χ1n) is 11.1. The van der Waals surface area contributed by atoms with Gasteiger partial charge in [0.2, 0.25) is 0 Å². The molecule has 0 N–H and O–H groups in total. The van der Waals surface area contributed by atoms with E-state index in [1.807, 2.05) is 0 Å². The van der Waals surface area contributed by atoms with Crippen LogP contribution in [0.3, 0.4) is 0 Å². The highest BCUT2D eigenvalue weighted by molar-refractivity contribution is 5.97. The van der Waals surface area contributed by atoms with Gasteiger partial charge in [0.1, 0.15) is 11.6 Å². The largest absolute Gasteiger partial charge is 0.328 e. The van der Waals surface area contributed by atoms with Crippen LogP contribution in [0.15, 0.2) is 48.9 Å². The third-order valence-electron chi connectivity index (χ3n) is 4.67. The maximum absolute atomic E-state index is 15.0. The molecule has 0 saturated carbocycles. The summed E-state index contributed by atoms with van der Waals surface area (Å²) in [6.45, 7) is -5.46. The van der Waals surface area contributed by atoms with Gasteiger partial charge in [-0.15, -0.1) is 0 Å². The Morgan fingerprint density at radius 2 is 2.03 bits per heavy atom. The maximum Gasteiger partial charge on any atom is 0.256 e. The number of amides is 1. The number of pyridine rings is 2. The van der Waals surface area contributed by atoms with Crippen molar-refractivity contribution in [3.05, 3.63) is 77.4 Å². The second-order valence-corrected chi connectivity index (χ2v) is 6.53. The minimum absolute atomic E-state index is 0.0434. The lowest BCUT2D eigenvalue weighted by Gasteiger charge is -2.17. The van der Waals surface area contributed by atoms with Gasteiger partial charge in [-0.1, -0.05) is 0 Å². The summed E-state index contributed by atoms with van der Waals surface area (Å²) in [5, 5.41) is 4.25. The SMILES string of the molecule is [2H]C1([2H])c2ncccc2C(=O)N1Cc1c(F)cc(-c2cnc3nn(C([2H])([2H])[2H])cc3c2)cc1F. The molecule has 8 heteroatoms. The predicted molar refractivity (Wildman–Crippen MR) is 102 cm³/mol. The molecule has 4 aromatic rings. The highest BCUT2D eigenvalue weighted by Crippen LogP contribution is 2.29. The Labute approximate surface area is 171 Å². The smallest absolute Gasteiger partial charge is 0.256 e. The van der Waals surface area contributed by atoms with Gasteiger partial charge in [-0.25, -0.2) is 13.8 Å². The van der Waals surface area contributed by atoms with Crippen molar-refractivity contribution in [3.8, 4) is 11.1 Å². The summed E-state index contributed by atoms with van der Waals surface area (Å²) in [7, 11) is 0. The van der Waals surface area contributed by atoms with E-state index < -0.39 is 43.1 Å². The van der Waals surface area contributed by atoms with Crippen LogP contribution in [0.5, 0.6) is 0 Å². The van der Waals surface area contributed by atoms with E-state index in [4.69, 9.17) is 6.85 Å². The fraction of sp³-hybridized carbons (Fsp3) is 0.143. The van der Waals surface area contributed by atoms with Crippen LogP contribution in [0.2, 0.25) is 0 Å². The summed E-state index contributed by atoms with van der Waals surface area (Å²) >= 11 is 0.